The van der Waals surface area contributed by atoms with E-state index in [0.29, 0.717) is 5.82 Å². The van der Waals surface area contributed by atoms with Crippen LogP contribution in [0.4, 0.5) is 5.82 Å². The van der Waals surface area contributed by atoms with Crippen molar-refractivity contribution in [2.75, 3.05) is 6.54 Å². The Hall–Kier alpha value is -2.77. The summed E-state index contributed by atoms with van der Waals surface area (Å²) in [6.45, 7) is 5.84. The molecule has 0 aliphatic carbocycles. The van der Waals surface area contributed by atoms with Crippen molar-refractivity contribution in [3.05, 3.63) is 60.0 Å². The number of pyridine rings is 2. The van der Waals surface area contributed by atoms with Crippen LogP contribution in [0.5, 0.6) is 0 Å². The van der Waals surface area contributed by atoms with E-state index >= 15 is 0 Å². The van der Waals surface area contributed by atoms with Crippen LogP contribution in [0.15, 0.2) is 58.8 Å². The number of rotatable bonds is 6. The second-order valence-corrected chi connectivity index (χ2v) is 7.91. The normalized spacial score (nSPS) is 12.3. The summed E-state index contributed by atoms with van der Waals surface area (Å²) in [6.07, 6.45) is 5.46. The molecule has 0 saturated heterocycles. The number of aryl methyl sites for hydroxylation is 1. The summed E-state index contributed by atoms with van der Waals surface area (Å²) in [5.74, 6) is 4.95. The van der Waals surface area contributed by atoms with Crippen LogP contribution in [0.1, 0.15) is 18.1 Å². The largest absolute Gasteiger partial charge is 0.370 e. The van der Waals surface area contributed by atoms with Crippen LogP contribution in [-0.4, -0.2) is 32.6 Å². The molecule has 1 aromatic carbocycles. The maximum Gasteiger partial charge on any atom is 0.192 e. The van der Waals surface area contributed by atoms with Gasteiger partial charge >= 0.3 is 0 Å². The van der Waals surface area contributed by atoms with Crippen LogP contribution < -0.4 is 11.5 Å². The lowest BCUT2D eigenvalue weighted by Gasteiger charge is -2.24. The molecule has 27 heavy (non-hydrogen) atoms. The minimum absolute atomic E-state index is 0.00144. The number of hydrogen-bond acceptors (Lipinski definition) is 4. The molecule has 0 radical (unpaired) electrons. The van der Waals surface area contributed by atoms with Gasteiger partial charge in [0.25, 0.3) is 0 Å². The molecule has 0 saturated carbocycles. The molecule has 1 atom stereocenters. The number of aliphatic imine (C=N–C) groups is 1. The van der Waals surface area contributed by atoms with Gasteiger partial charge in [0.1, 0.15) is 0 Å². The Bertz CT molecular complexity index is 996. The number of hydrogen-bond donors (Lipinski definition) is 2. The Kier molecular flexibility index (Phi) is 5.83. The molecule has 4 N–H and O–H groups in total. The van der Waals surface area contributed by atoms with E-state index in [0.717, 1.165) is 34.3 Å². The molecule has 2 heterocycles. The molecule has 140 valence electrons. The van der Waals surface area contributed by atoms with Crippen molar-refractivity contribution in [3.8, 4) is 0 Å². The Balaban J connectivity index is 2.00. The van der Waals surface area contributed by atoms with Crippen LogP contribution in [0, 0.1) is 6.92 Å². The van der Waals surface area contributed by atoms with Crippen LogP contribution in [-0.2, 0) is 6.54 Å². The highest BCUT2D eigenvalue weighted by Crippen LogP contribution is 2.35. The predicted octanol–water partition coefficient (Wildman–Crippen LogP) is 3.34. The van der Waals surface area contributed by atoms with Gasteiger partial charge in [-0.1, -0.05) is 35.6 Å². The van der Waals surface area contributed by atoms with Crippen LogP contribution >= 0.6 is 10.7 Å². The highest BCUT2D eigenvalue weighted by atomic mass is 32.2. The van der Waals surface area contributed by atoms with Crippen molar-refractivity contribution in [1.82, 2.24) is 14.3 Å². The fraction of sp³-hybridized carbons (Fsp3) is 0.200. The third kappa shape index (κ3) is 4.32. The van der Waals surface area contributed by atoms with Gasteiger partial charge in [0.15, 0.2) is 11.8 Å². The average Bonchev–Trinajstić information content (AvgIpc) is 2.68. The fourth-order valence-electron chi connectivity index (χ4n) is 2.90. The molecule has 0 fully saturated rings. The van der Waals surface area contributed by atoms with Crippen molar-refractivity contribution in [2.45, 2.75) is 25.3 Å². The summed E-state index contributed by atoms with van der Waals surface area (Å²) in [6, 6.07) is 10.3. The smallest absolute Gasteiger partial charge is 0.192 e. The molecule has 0 aliphatic rings. The molecular weight excluding hydrogens is 356 g/mol. The third-order valence-corrected chi connectivity index (χ3v) is 6.10. The maximum atomic E-state index is 5.57. The molecule has 0 aliphatic heterocycles. The van der Waals surface area contributed by atoms with Crippen molar-refractivity contribution < 1.29 is 0 Å². The first kappa shape index (κ1) is 19.0. The quantitative estimate of drug-likeness (QED) is 0.389. The summed E-state index contributed by atoms with van der Waals surface area (Å²) in [7, 11) is -0.338. The van der Waals surface area contributed by atoms with Crippen LogP contribution in [0.25, 0.3) is 10.8 Å². The van der Waals surface area contributed by atoms with Gasteiger partial charge in [-0.05, 0) is 41.6 Å². The zero-order chi connectivity index (χ0) is 19.4. The lowest BCUT2D eigenvalue weighted by molar-refractivity contribution is 0.490. The van der Waals surface area contributed by atoms with Gasteiger partial charge in [0.05, 0.1) is 0 Å². The first-order valence-electron chi connectivity index (χ1n) is 8.66. The second kappa shape index (κ2) is 8.28. The molecule has 6 nitrogen and oxygen atoms in total. The van der Waals surface area contributed by atoms with Gasteiger partial charge in [0.2, 0.25) is 0 Å². The Morgan fingerprint density at radius 3 is 2.70 bits per heavy atom. The number of guanidine groups is 1. The summed E-state index contributed by atoms with van der Waals surface area (Å²) in [5, 5.41) is 2.01. The van der Waals surface area contributed by atoms with Gasteiger partial charge in [-0.2, -0.15) is 4.99 Å². The monoisotopic (exact) mass is 380 g/mol. The molecule has 0 amide bonds. The summed E-state index contributed by atoms with van der Waals surface area (Å²) in [5.41, 5.74) is 13.4. The molecular formula is C20H24N6S. The number of fused-ring (bicyclic) bond motifs is 1. The second-order valence-electron chi connectivity index (χ2n) is 6.19. The van der Waals surface area contributed by atoms with Crippen molar-refractivity contribution >= 4 is 39.1 Å². The highest BCUT2D eigenvalue weighted by Gasteiger charge is 2.12. The van der Waals surface area contributed by atoms with Crippen molar-refractivity contribution in [1.29, 1.82) is 0 Å². The van der Waals surface area contributed by atoms with Gasteiger partial charge in [-0.15, -0.1) is 0 Å². The fourth-order valence-corrected chi connectivity index (χ4v) is 4.29. The summed E-state index contributed by atoms with van der Waals surface area (Å²) in [4.78, 5) is 13.9. The Morgan fingerprint density at radius 2 is 2.04 bits per heavy atom. The predicted molar refractivity (Wildman–Crippen MR) is 115 cm³/mol. The third-order valence-electron chi connectivity index (χ3n) is 4.29. The number of aromatic nitrogens is 2. The average molecular weight is 381 g/mol. The van der Waals surface area contributed by atoms with Gasteiger partial charge in [-0.25, -0.2) is 9.29 Å². The molecule has 1 unspecified atom stereocenters. The minimum atomic E-state index is -0.338. The molecule has 0 bridgehead atoms. The molecule has 2 aromatic heterocycles. The number of nitrogens with two attached hydrogens (primary N) is 2. The minimum Gasteiger partial charge on any atom is -0.370 e. The van der Waals surface area contributed by atoms with Gasteiger partial charge < -0.3 is 11.5 Å². The molecule has 3 aromatic rings. The van der Waals surface area contributed by atoms with Crippen molar-refractivity contribution in [2.24, 2.45) is 16.5 Å². The lowest BCUT2D eigenvalue weighted by Crippen LogP contribution is -2.22. The first-order chi connectivity index (χ1) is 13.0. The van der Waals surface area contributed by atoms with Gasteiger partial charge in [-0.3, -0.25) is 4.98 Å². The molecule has 0 spiro atoms. The number of benzene rings is 1. The standard InChI is InChI=1S/C20H24N6S/c1-4-26(13-15-6-5-9-23-12-15)27(3)16-7-8-17-14(2)11-24-19(18(17)10-16)25-20(21)22/h5-12H,3-4,13H2,1-2H3,(H4,21,22,24,25). The zero-order valence-electron chi connectivity index (χ0n) is 15.6. The Labute approximate surface area is 162 Å². The van der Waals surface area contributed by atoms with E-state index in [1.807, 2.05) is 19.2 Å². The zero-order valence-corrected chi connectivity index (χ0v) is 16.4. The summed E-state index contributed by atoms with van der Waals surface area (Å²) >= 11 is 0. The maximum absolute atomic E-state index is 5.57. The lowest BCUT2D eigenvalue weighted by atomic mass is 10.1. The summed E-state index contributed by atoms with van der Waals surface area (Å²) < 4.78 is 2.32. The van der Waals surface area contributed by atoms with E-state index in [1.165, 1.54) is 5.56 Å². The highest BCUT2D eigenvalue weighted by molar-refractivity contribution is 8.12. The van der Waals surface area contributed by atoms with E-state index in [-0.39, 0.29) is 16.6 Å². The van der Waals surface area contributed by atoms with E-state index < -0.39 is 0 Å². The Morgan fingerprint density at radius 1 is 1.22 bits per heavy atom. The topological polar surface area (TPSA) is 93.4 Å². The van der Waals surface area contributed by atoms with E-state index in [1.54, 1.807) is 12.4 Å². The van der Waals surface area contributed by atoms with Crippen molar-refractivity contribution in [3.63, 3.8) is 0 Å². The number of nitrogens with zero attached hydrogens (tertiary/aromatic N) is 4. The van der Waals surface area contributed by atoms with Crippen LogP contribution in [0.2, 0.25) is 0 Å². The van der Waals surface area contributed by atoms with E-state index in [4.69, 9.17) is 11.5 Å². The SMILES string of the molecule is C=S(c1ccc2c(C)cnc(N=C(N)N)c2c1)N(CC)Cc1cccnc1. The first-order valence-corrected chi connectivity index (χ1v) is 10.0. The van der Waals surface area contributed by atoms with E-state index in [9.17, 15) is 0 Å². The molecule has 3 rings (SSSR count). The molecule has 7 heteroatoms. The van der Waals surface area contributed by atoms with Gasteiger partial charge in [0, 0.05) is 42.0 Å². The van der Waals surface area contributed by atoms with E-state index in [2.05, 4.69) is 56.3 Å². The van der Waals surface area contributed by atoms with Crippen LogP contribution in [0.3, 0.4) is 0 Å².